The third-order valence-corrected chi connectivity index (χ3v) is 5.90. The van der Waals surface area contributed by atoms with E-state index in [1.165, 1.54) is 54.0 Å². The molecule has 0 spiro atoms. The van der Waals surface area contributed by atoms with Crippen LogP contribution in [0.2, 0.25) is 0 Å². The van der Waals surface area contributed by atoms with Crippen molar-refractivity contribution in [1.29, 1.82) is 0 Å². The van der Waals surface area contributed by atoms with Crippen molar-refractivity contribution in [2.24, 2.45) is 0 Å². The summed E-state index contributed by atoms with van der Waals surface area (Å²) in [4.78, 5) is 4.59. The van der Waals surface area contributed by atoms with Gasteiger partial charge in [-0.3, -0.25) is 4.98 Å². The summed E-state index contributed by atoms with van der Waals surface area (Å²) in [5.74, 6) is 0. The molecule has 0 amide bonds. The van der Waals surface area contributed by atoms with Crippen LogP contribution in [-0.2, 0) is 25.5 Å². The van der Waals surface area contributed by atoms with Crippen LogP contribution in [0.3, 0.4) is 0 Å². The third-order valence-electron chi connectivity index (χ3n) is 5.90. The molecule has 2 heterocycles. The van der Waals surface area contributed by atoms with Crippen LogP contribution in [0.1, 0.15) is 44.6 Å². The van der Waals surface area contributed by atoms with Crippen LogP contribution in [0, 0.1) is 6.07 Å². The summed E-state index contributed by atoms with van der Waals surface area (Å²) >= 11 is 0. The zero-order valence-electron chi connectivity index (χ0n) is 14.4. The molecule has 1 fully saturated rings. The fraction of sp³-hybridized carbons (Fsp3) is 0.318. The molecule has 5 rings (SSSR count). The van der Waals surface area contributed by atoms with Gasteiger partial charge in [-0.15, -0.1) is 29.7 Å². The first-order valence-electron chi connectivity index (χ1n) is 8.97. The molecular formula is C22H21IrN2-. The Morgan fingerprint density at radius 1 is 1.08 bits per heavy atom. The minimum absolute atomic E-state index is 0. The van der Waals surface area contributed by atoms with E-state index in [9.17, 15) is 0 Å². The molecule has 0 unspecified atom stereocenters. The maximum absolute atomic E-state index is 4.59. The molecule has 1 radical (unpaired) electrons. The van der Waals surface area contributed by atoms with Gasteiger partial charge in [0.2, 0.25) is 0 Å². The maximum Gasteiger partial charge on any atom is 0.0608 e. The molecule has 2 nitrogen and oxygen atoms in total. The number of benzene rings is 2. The zero-order chi connectivity index (χ0) is 16.1. The molecule has 1 aliphatic carbocycles. The minimum atomic E-state index is 0. The molecule has 0 atom stereocenters. The van der Waals surface area contributed by atoms with Crippen molar-refractivity contribution in [3.63, 3.8) is 0 Å². The number of nitrogens with zero attached hydrogens (tertiary/aromatic N) is 2. The van der Waals surface area contributed by atoms with Crippen LogP contribution in [-0.4, -0.2) is 9.38 Å². The molecule has 129 valence electrons. The Labute approximate surface area is 161 Å². The number of hydrogen-bond donors (Lipinski definition) is 0. The van der Waals surface area contributed by atoms with E-state index in [4.69, 9.17) is 0 Å². The summed E-state index contributed by atoms with van der Waals surface area (Å²) < 4.78 is 2.23. The van der Waals surface area contributed by atoms with Crippen LogP contribution in [0.4, 0.5) is 0 Å². The van der Waals surface area contributed by atoms with Gasteiger partial charge in [-0.05, 0) is 35.3 Å². The number of imidazole rings is 1. The van der Waals surface area contributed by atoms with Crippen LogP contribution in [0.5, 0.6) is 0 Å². The normalized spacial score (nSPS) is 17.0. The van der Waals surface area contributed by atoms with Crippen molar-refractivity contribution >= 4 is 27.3 Å². The molecule has 0 saturated heterocycles. The molecule has 0 bridgehead atoms. The fourth-order valence-corrected chi connectivity index (χ4v) is 4.64. The molecule has 25 heavy (non-hydrogen) atoms. The van der Waals surface area contributed by atoms with E-state index < -0.39 is 0 Å². The Hall–Kier alpha value is -1.70. The Kier molecular flexibility index (Phi) is 4.17. The van der Waals surface area contributed by atoms with Gasteiger partial charge in [-0.25, -0.2) is 0 Å². The Bertz CT molecular complexity index is 1060. The average Bonchev–Trinajstić information content (AvgIpc) is 3.12. The predicted molar refractivity (Wildman–Crippen MR) is 99.5 cm³/mol. The van der Waals surface area contributed by atoms with Gasteiger partial charge in [0.05, 0.1) is 5.65 Å². The fourth-order valence-electron chi connectivity index (χ4n) is 4.64. The van der Waals surface area contributed by atoms with E-state index in [1.54, 1.807) is 0 Å². The van der Waals surface area contributed by atoms with Crippen molar-refractivity contribution < 1.29 is 20.1 Å². The van der Waals surface area contributed by atoms with Crippen molar-refractivity contribution in [3.05, 3.63) is 60.4 Å². The number of hydrogen-bond acceptors (Lipinski definition) is 1. The molecule has 3 heteroatoms. The topological polar surface area (TPSA) is 17.3 Å². The average molecular weight is 506 g/mol. The first-order chi connectivity index (χ1) is 11.8. The molecule has 0 N–H and O–H groups in total. The molecule has 1 saturated carbocycles. The van der Waals surface area contributed by atoms with Gasteiger partial charge in [-0.1, -0.05) is 43.7 Å². The Morgan fingerprint density at radius 3 is 2.76 bits per heavy atom. The molecule has 4 aromatic rings. The zero-order valence-corrected chi connectivity index (χ0v) is 16.8. The van der Waals surface area contributed by atoms with E-state index in [0.29, 0.717) is 0 Å². The SMILES string of the molecule is CC1(c2cccc3c2c2ccc[c-]c2c2nccn32)CCCCC1.[Ir]. The standard InChI is InChI=1S/C22H21N2.Ir/c1-22(12-5-2-6-13-22)18-10-7-11-19-20(18)16-8-3-4-9-17(16)21-23-14-15-24(19)21;/h3-4,7-8,10-11,14-15H,2,5-6,12-13H2,1H3;/q-1;. The maximum atomic E-state index is 4.59. The second-order valence-corrected chi connectivity index (χ2v) is 7.40. The van der Waals surface area contributed by atoms with E-state index in [0.717, 1.165) is 11.0 Å². The third kappa shape index (κ3) is 2.45. The molecule has 2 aromatic heterocycles. The summed E-state index contributed by atoms with van der Waals surface area (Å²) in [5, 5.41) is 3.80. The summed E-state index contributed by atoms with van der Waals surface area (Å²) in [6, 6.07) is 16.6. The number of pyridine rings is 1. The number of aromatic nitrogens is 2. The second-order valence-electron chi connectivity index (χ2n) is 7.40. The van der Waals surface area contributed by atoms with Gasteiger partial charge >= 0.3 is 0 Å². The van der Waals surface area contributed by atoms with E-state index in [1.807, 2.05) is 12.3 Å². The first kappa shape index (κ1) is 16.8. The Balaban J connectivity index is 0.00000157. The van der Waals surface area contributed by atoms with Crippen LogP contribution in [0.15, 0.2) is 48.8 Å². The predicted octanol–water partition coefficient (Wildman–Crippen LogP) is 5.66. The van der Waals surface area contributed by atoms with Crippen molar-refractivity contribution in [1.82, 2.24) is 9.38 Å². The molecular weight excluding hydrogens is 484 g/mol. The van der Waals surface area contributed by atoms with Crippen molar-refractivity contribution in [2.75, 3.05) is 0 Å². The van der Waals surface area contributed by atoms with Gasteiger partial charge in [0.1, 0.15) is 0 Å². The molecule has 2 aromatic carbocycles. The summed E-state index contributed by atoms with van der Waals surface area (Å²) in [6.07, 6.45) is 10.6. The van der Waals surface area contributed by atoms with Gasteiger partial charge in [-0.2, -0.15) is 0 Å². The van der Waals surface area contributed by atoms with Gasteiger partial charge in [0.25, 0.3) is 0 Å². The van der Waals surface area contributed by atoms with Crippen molar-refractivity contribution in [2.45, 2.75) is 44.4 Å². The van der Waals surface area contributed by atoms with Crippen LogP contribution >= 0.6 is 0 Å². The Morgan fingerprint density at radius 2 is 1.92 bits per heavy atom. The largest absolute Gasteiger partial charge is 0.340 e. The smallest absolute Gasteiger partial charge is 0.0608 e. The summed E-state index contributed by atoms with van der Waals surface area (Å²) in [7, 11) is 0. The second kappa shape index (κ2) is 6.23. The van der Waals surface area contributed by atoms with Crippen molar-refractivity contribution in [3.8, 4) is 0 Å². The number of fused-ring (bicyclic) bond motifs is 6. The first-order valence-corrected chi connectivity index (χ1v) is 8.97. The quantitative estimate of drug-likeness (QED) is 0.241. The van der Waals surface area contributed by atoms with Gasteiger partial charge in [0.15, 0.2) is 0 Å². The van der Waals surface area contributed by atoms with Crippen LogP contribution in [0.25, 0.3) is 27.3 Å². The minimum Gasteiger partial charge on any atom is -0.340 e. The van der Waals surface area contributed by atoms with E-state index in [2.05, 4.69) is 58.9 Å². The van der Waals surface area contributed by atoms with Crippen LogP contribution < -0.4 is 0 Å². The number of rotatable bonds is 1. The van der Waals surface area contributed by atoms with E-state index in [-0.39, 0.29) is 25.5 Å². The van der Waals surface area contributed by atoms with Gasteiger partial charge < -0.3 is 4.40 Å². The molecule has 1 aliphatic rings. The van der Waals surface area contributed by atoms with E-state index >= 15 is 0 Å². The summed E-state index contributed by atoms with van der Waals surface area (Å²) in [5.41, 5.74) is 4.04. The monoisotopic (exact) mass is 506 g/mol. The molecule has 0 aliphatic heterocycles. The summed E-state index contributed by atoms with van der Waals surface area (Å²) in [6.45, 7) is 2.46. The van der Waals surface area contributed by atoms with Gasteiger partial charge in [0, 0.05) is 38.0 Å².